The summed E-state index contributed by atoms with van der Waals surface area (Å²) < 4.78 is 70.0. The predicted molar refractivity (Wildman–Crippen MR) is 97.5 cm³/mol. The first-order valence-electron chi connectivity index (χ1n) is 8.91. The molecule has 2 heterocycles. The van der Waals surface area contributed by atoms with Crippen LogP contribution in [0.2, 0.25) is 0 Å². The number of sulfonamides is 1. The molecule has 11 heteroatoms. The standard InChI is InChI=1S/C18H20F3N3O4S/c1-11-16(12(2)28-23-11)29(26,27)24-9-3-4-13(10-24)17(25)22-15-7-5-14(6-8-15)18(19,20)21/h5-8,13H,3-4,9-10H2,1-2H3,(H,22,25)/t13-/m0/s1. The Morgan fingerprint density at radius 3 is 2.45 bits per heavy atom. The van der Waals surface area contributed by atoms with Crippen LogP contribution in [0.25, 0.3) is 0 Å². The third kappa shape index (κ3) is 4.45. The van der Waals surface area contributed by atoms with E-state index >= 15 is 0 Å². The number of amides is 1. The zero-order valence-electron chi connectivity index (χ0n) is 15.8. The summed E-state index contributed by atoms with van der Waals surface area (Å²) in [6.45, 7) is 3.27. The van der Waals surface area contributed by atoms with Gasteiger partial charge in [-0.1, -0.05) is 5.16 Å². The number of rotatable bonds is 4. The molecule has 1 aromatic carbocycles. The number of aryl methyl sites for hydroxylation is 2. The second kappa shape index (κ2) is 7.79. The highest BCUT2D eigenvalue weighted by Gasteiger charge is 2.36. The van der Waals surface area contributed by atoms with Gasteiger partial charge in [0, 0.05) is 18.8 Å². The molecule has 1 aliphatic heterocycles. The molecule has 1 saturated heterocycles. The van der Waals surface area contributed by atoms with Crippen molar-refractivity contribution in [1.29, 1.82) is 0 Å². The molecule has 0 spiro atoms. The van der Waals surface area contributed by atoms with E-state index in [1.54, 1.807) is 0 Å². The van der Waals surface area contributed by atoms with Crippen molar-refractivity contribution in [2.75, 3.05) is 18.4 Å². The molecule has 0 radical (unpaired) electrons. The number of anilines is 1. The highest BCUT2D eigenvalue weighted by atomic mass is 32.2. The van der Waals surface area contributed by atoms with Crippen LogP contribution in [0, 0.1) is 19.8 Å². The molecular formula is C18H20F3N3O4S. The Morgan fingerprint density at radius 2 is 1.90 bits per heavy atom. The SMILES string of the molecule is Cc1noc(C)c1S(=O)(=O)N1CCC[C@H](C(=O)Nc2ccc(C(F)(F)F)cc2)C1. The summed E-state index contributed by atoms with van der Waals surface area (Å²) in [4.78, 5) is 12.6. The number of halogens is 3. The molecule has 1 atom stereocenters. The molecule has 1 aliphatic rings. The predicted octanol–water partition coefficient (Wildman–Crippen LogP) is 3.35. The topological polar surface area (TPSA) is 92.5 Å². The maximum absolute atomic E-state index is 12.9. The van der Waals surface area contributed by atoms with Gasteiger partial charge < -0.3 is 9.84 Å². The molecule has 7 nitrogen and oxygen atoms in total. The number of nitrogens with one attached hydrogen (secondary N) is 1. The fraction of sp³-hybridized carbons (Fsp3) is 0.444. The highest BCUT2D eigenvalue weighted by molar-refractivity contribution is 7.89. The van der Waals surface area contributed by atoms with E-state index in [0.29, 0.717) is 12.8 Å². The normalized spacial score (nSPS) is 18.6. The molecule has 2 aromatic rings. The maximum atomic E-state index is 12.9. The molecular weight excluding hydrogens is 411 g/mol. The van der Waals surface area contributed by atoms with Crippen LogP contribution < -0.4 is 5.32 Å². The molecule has 29 heavy (non-hydrogen) atoms. The van der Waals surface area contributed by atoms with Crippen LogP contribution in [0.1, 0.15) is 29.9 Å². The second-order valence-corrected chi connectivity index (χ2v) is 8.79. The summed E-state index contributed by atoms with van der Waals surface area (Å²) in [5.41, 5.74) is -0.350. The zero-order valence-corrected chi connectivity index (χ0v) is 16.6. The van der Waals surface area contributed by atoms with Gasteiger partial charge in [0.25, 0.3) is 0 Å². The molecule has 158 valence electrons. The van der Waals surface area contributed by atoms with Crippen LogP contribution in [-0.2, 0) is 21.0 Å². The molecule has 0 saturated carbocycles. The quantitative estimate of drug-likeness (QED) is 0.802. The summed E-state index contributed by atoms with van der Waals surface area (Å²) >= 11 is 0. The minimum absolute atomic E-state index is 0.00120. The lowest BCUT2D eigenvalue weighted by Gasteiger charge is -2.31. The number of benzene rings is 1. The number of carbonyl (C=O) groups excluding carboxylic acids is 1. The molecule has 1 aromatic heterocycles. The van der Waals surface area contributed by atoms with Crippen molar-refractivity contribution in [2.24, 2.45) is 5.92 Å². The third-order valence-corrected chi connectivity index (χ3v) is 6.91. The van der Waals surface area contributed by atoms with E-state index in [2.05, 4.69) is 10.5 Å². The van der Waals surface area contributed by atoms with E-state index in [4.69, 9.17) is 4.52 Å². The first kappa shape index (κ1) is 21.3. The number of nitrogens with zero attached hydrogens (tertiary/aromatic N) is 2. The lowest BCUT2D eigenvalue weighted by atomic mass is 9.98. The number of aromatic nitrogens is 1. The fourth-order valence-corrected chi connectivity index (χ4v) is 5.15. The molecule has 1 fully saturated rings. The summed E-state index contributed by atoms with van der Waals surface area (Å²) in [6, 6.07) is 4.10. The van der Waals surface area contributed by atoms with Crippen LogP contribution in [-0.4, -0.2) is 36.9 Å². The van der Waals surface area contributed by atoms with Gasteiger partial charge in [-0.3, -0.25) is 4.79 Å². The molecule has 0 bridgehead atoms. The van der Waals surface area contributed by atoms with Crippen molar-refractivity contribution in [3.63, 3.8) is 0 Å². The van der Waals surface area contributed by atoms with Crippen molar-refractivity contribution >= 4 is 21.6 Å². The second-order valence-electron chi connectivity index (χ2n) is 6.92. The Kier molecular flexibility index (Phi) is 5.72. The molecule has 3 rings (SSSR count). The van der Waals surface area contributed by atoms with Crippen molar-refractivity contribution in [1.82, 2.24) is 9.46 Å². The number of alkyl halides is 3. The summed E-state index contributed by atoms with van der Waals surface area (Å²) in [6.07, 6.45) is -3.51. The van der Waals surface area contributed by atoms with Gasteiger partial charge >= 0.3 is 6.18 Å². The zero-order chi connectivity index (χ0) is 21.4. The minimum Gasteiger partial charge on any atom is -0.360 e. The summed E-state index contributed by atoms with van der Waals surface area (Å²) in [5, 5.41) is 6.23. The van der Waals surface area contributed by atoms with Gasteiger partial charge in [-0.2, -0.15) is 17.5 Å². The number of carbonyl (C=O) groups is 1. The largest absolute Gasteiger partial charge is 0.416 e. The van der Waals surface area contributed by atoms with Gasteiger partial charge in [-0.05, 0) is 51.0 Å². The Morgan fingerprint density at radius 1 is 1.24 bits per heavy atom. The summed E-state index contributed by atoms with van der Waals surface area (Å²) in [5.74, 6) is -0.886. The monoisotopic (exact) mass is 431 g/mol. The Hall–Kier alpha value is -2.40. The molecule has 0 aliphatic carbocycles. The Bertz CT molecular complexity index is 981. The maximum Gasteiger partial charge on any atom is 0.416 e. The lowest BCUT2D eigenvalue weighted by molar-refractivity contribution is -0.137. The van der Waals surface area contributed by atoms with Gasteiger partial charge in [-0.15, -0.1) is 0 Å². The van der Waals surface area contributed by atoms with Crippen LogP contribution in [0.15, 0.2) is 33.7 Å². The van der Waals surface area contributed by atoms with Crippen molar-refractivity contribution in [3.8, 4) is 0 Å². The highest BCUT2D eigenvalue weighted by Crippen LogP contribution is 2.31. The van der Waals surface area contributed by atoms with Crippen molar-refractivity contribution in [2.45, 2.75) is 37.8 Å². The third-order valence-electron chi connectivity index (χ3n) is 4.80. The fourth-order valence-electron chi connectivity index (χ4n) is 3.33. The lowest BCUT2D eigenvalue weighted by Crippen LogP contribution is -2.43. The Balaban J connectivity index is 1.71. The molecule has 1 amide bonds. The number of hydrogen-bond donors (Lipinski definition) is 1. The van der Waals surface area contributed by atoms with E-state index in [1.165, 1.54) is 30.3 Å². The molecule has 0 unspecified atom stereocenters. The smallest absolute Gasteiger partial charge is 0.360 e. The van der Waals surface area contributed by atoms with Gasteiger partial charge in [0.1, 0.15) is 10.6 Å². The van der Waals surface area contributed by atoms with Gasteiger partial charge in [0.2, 0.25) is 15.9 Å². The number of piperidine rings is 1. The minimum atomic E-state index is -4.46. The Labute approximate surface area is 165 Å². The van der Waals surface area contributed by atoms with E-state index in [0.717, 1.165) is 12.1 Å². The van der Waals surface area contributed by atoms with Crippen LogP contribution in [0.4, 0.5) is 18.9 Å². The van der Waals surface area contributed by atoms with Crippen LogP contribution in [0.3, 0.4) is 0 Å². The van der Waals surface area contributed by atoms with E-state index in [1.807, 2.05) is 0 Å². The van der Waals surface area contributed by atoms with E-state index < -0.39 is 33.6 Å². The first-order chi connectivity index (χ1) is 13.5. The van der Waals surface area contributed by atoms with Crippen molar-refractivity contribution in [3.05, 3.63) is 41.3 Å². The van der Waals surface area contributed by atoms with Crippen molar-refractivity contribution < 1.29 is 30.9 Å². The van der Waals surface area contributed by atoms with Gasteiger partial charge in [-0.25, -0.2) is 8.42 Å². The molecule has 1 N–H and O–H groups in total. The van der Waals surface area contributed by atoms with Gasteiger partial charge in [0.05, 0.1) is 11.5 Å². The summed E-state index contributed by atoms with van der Waals surface area (Å²) in [7, 11) is -3.87. The van der Waals surface area contributed by atoms with Crippen LogP contribution >= 0.6 is 0 Å². The first-order valence-corrected chi connectivity index (χ1v) is 10.4. The van der Waals surface area contributed by atoms with Gasteiger partial charge in [0.15, 0.2) is 5.76 Å². The van der Waals surface area contributed by atoms with E-state index in [9.17, 15) is 26.4 Å². The van der Waals surface area contributed by atoms with Crippen LogP contribution in [0.5, 0.6) is 0 Å². The average Bonchev–Trinajstić information content (AvgIpc) is 3.00. The van der Waals surface area contributed by atoms with E-state index in [-0.39, 0.29) is 35.1 Å². The number of hydrogen-bond acceptors (Lipinski definition) is 5. The average molecular weight is 431 g/mol.